The Morgan fingerprint density at radius 2 is 2.18 bits per heavy atom. The number of halogens is 2. The minimum atomic E-state index is -2.36. The first kappa shape index (κ1) is 13.7. The van der Waals surface area contributed by atoms with E-state index in [-0.39, 0.29) is 6.54 Å². The Labute approximate surface area is 100 Å². The number of anilines is 1. The average molecular weight is 244 g/mol. The van der Waals surface area contributed by atoms with E-state index < -0.39 is 6.43 Å². The Balaban J connectivity index is 2.78. The van der Waals surface area contributed by atoms with Crippen LogP contribution in [0.5, 0.6) is 5.75 Å². The summed E-state index contributed by atoms with van der Waals surface area (Å²) in [5, 5.41) is 0. The molecule has 0 aromatic heterocycles. The van der Waals surface area contributed by atoms with E-state index in [4.69, 9.17) is 10.5 Å². The number of benzene rings is 1. The fourth-order valence-corrected chi connectivity index (χ4v) is 1.58. The number of nitrogens with two attached hydrogens (primary N) is 1. The highest BCUT2D eigenvalue weighted by atomic mass is 19.3. The van der Waals surface area contributed by atoms with Gasteiger partial charge in [0.2, 0.25) is 0 Å². The first-order valence-electron chi connectivity index (χ1n) is 5.54. The highest BCUT2D eigenvalue weighted by molar-refractivity contribution is 5.50. The molecule has 0 aliphatic rings. The van der Waals surface area contributed by atoms with Crippen LogP contribution in [0.2, 0.25) is 0 Å². The molecule has 17 heavy (non-hydrogen) atoms. The first-order valence-corrected chi connectivity index (χ1v) is 5.54. The SMILES string of the molecule is COc1cccc(N(CCCN)CC(F)F)c1. The molecule has 1 aromatic rings. The van der Waals surface area contributed by atoms with Crippen LogP contribution in [0.1, 0.15) is 6.42 Å². The van der Waals surface area contributed by atoms with Crippen molar-refractivity contribution in [1.82, 2.24) is 0 Å². The minimum absolute atomic E-state index is 0.285. The van der Waals surface area contributed by atoms with Crippen molar-refractivity contribution in [3.63, 3.8) is 0 Å². The van der Waals surface area contributed by atoms with Crippen LogP contribution >= 0.6 is 0 Å². The molecular formula is C12H18F2N2O. The summed E-state index contributed by atoms with van der Waals surface area (Å²) in [6.45, 7) is 0.727. The third kappa shape index (κ3) is 4.56. The van der Waals surface area contributed by atoms with Gasteiger partial charge in [-0.15, -0.1) is 0 Å². The number of hydrogen-bond donors (Lipinski definition) is 1. The lowest BCUT2D eigenvalue weighted by atomic mass is 10.2. The highest BCUT2D eigenvalue weighted by Crippen LogP contribution is 2.21. The zero-order chi connectivity index (χ0) is 12.7. The van der Waals surface area contributed by atoms with Crippen LogP contribution in [0.15, 0.2) is 24.3 Å². The Kier molecular flexibility index (Phi) is 5.69. The van der Waals surface area contributed by atoms with Crippen LogP contribution in [0.25, 0.3) is 0 Å². The molecule has 0 aliphatic carbocycles. The van der Waals surface area contributed by atoms with Gasteiger partial charge >= 0.3 is 0 Å². The number of rotatable bonds is 7. The quantitative estimate of drug-likeness (QED) is 0.798. The second-order valence-corrected chi connectivity index (χ2v) is 3.68. The van der Waals surface area contributed by atoms with E-state index in [1.807, 2.05) is 0 Å². The van der Waals surface area contributed by atoms with Gasteiger partial charge in [0.25, 0.3) is 6.43 Å². The lowest BCUT2D eigenvalue weighted by Gasteiger charge is -2.24. The average Bonchev–Trinajstić information content (AvgIpc) is 2.34. The van der Waals surface area contributed by atoms with Crippen molar-refractivity contribution < 1.29 is 13.5 Å². The molecule has 1 aromatic carbocycles. The molecule has 0 bridgehead atoms. The van der Waals surface area contributed by atoms with Gasteiger partial charge in [0, 0.05) is 18.3 Å². The molecule has 0 radical (unpaired) electrons. The molecule has 1 rings (SSSR count). The second-order valence-electron chi connectivity index (χ2n) is 3.68. The molecule has 3 nitrogen and oxygen atoms in total. The van der Waals surface area contributed by atoms with E-state index in [0.717, 1.165) is 5.69 Å². The highest BCUT2D eigenvalue weighted by Gasteiger charge is 2.12. The van der Waals surface area contributed by atoms with Crippen molar-refractivity contribution in [2.24, 2.45) is 5.73 Å². The Hall–Kier alpha value is -1.36. The van der Waals surface area contributed by atoms with Gasteiger partial charge in [0.05, 0.1) is 13.7 Å². The standard InChI is InChI=1S/C12H18F2N2O/c1-17-11-5-2-4-10(8-11)16(7-3-6-15)9-12(13)14/h2,4-5,8,12H,3,6-7,9,15H2,1H3. The van der Waals surface area contributed by atoms with Gasteiger partial charge in [0.15, 0.2) is 0 Å². The zero-order valence-corrected chi connectivity index (χ0v) is 9.90. The molecule has 0 aliphatic heterocycles. The van der Waals surface area contributed by atoms with Crippen LogP contribution in [-0.4, -0.2) is 33.2 Å². The van der Waals surface area contributed by atoms with Crippen molar-refractivity contribution in [3.05, 3.63) is 24.3 Å². The molecule has 0 heterocycles. The van der Waals surface area contributed by atoms with Crippen molar-refractivity contribution in [2.45, 2.75) is 12.8 Å². The first-order chi connectivity index (χ1) is 8.17. The van der Waals surface area contributed by atoms with Crippen molar-refractivity contribution >= 4 is 5.69 Å². The van der Waals surface area contributed by atoms with Crippen LogP contribution < -0.4 is 15.4 Å². The molecular weight excluding hydrogens is 226 g/mol. The fourth-order valence-electron chi connectivity index (χ4n) is 1.58. The van der Waals surface area contributed by atoms with Gasteiger partial charge in [-0.25, -0.2) is 8.78 Å². The Bertz CT molecular complexity index is 334. The Morgan fingerprint density at radius 1 is 1.41 bits per heavy atom. The molecule has 0 amide bonds. The van der Waals surface area contributed by atoms with Gasteiger partial charge < -0.3 is 15.4 Å². The Morgan fingerprint density at radius 3 is 2.76 bits per heavy atom. The van der Waals surface area contributed by atoms with E-state index in [0.29, 0.717) is 25.3 Å². The van der Waals surface area contributed by atoms with Crippen LogP contribution in [0.3, 0.4) is 0 Å². The van der Waals surface area contributed by atoms with Gasteiger partial charge in [-0.3, -0.25) is 0 Å². The number of hydrogen-bond acceptors (Lipinski definition) is 3. The third-order valence-corrected chi connectivity index (χ3v) is 2.41. The fraction of sp³-hybridized carbons (Fsp3) is 0.500. The largest absolute Gasteiger partial charge is 0.497 e. The van der Waals surface area contributed by atoms with E-state index in [9.17, 15) is 8.78 Å². The van der Waals surface area contributed by atoms with E-state index >= 15 is 0 Å². The van der Waals surface area contributed by atoms with Crippen LogP contribution in [0.4, 0.5) is 14.5 Å². The van der Waals surface area contributed by atoms with Crippen molar-refractivity contribution in [1.29, 1.82) is 0 Å². The topological polar surface area (TPSA) is 38.5 Å². The predicted octanol–water partition coefficient (Wildman–Crippen LogP) is 2.12. The van der Waals surface area contributed by atoms with Gasteiger partial charge in [0.1, 0.15) is 5.75 Å². The second kappa shape index (κ2) is 7.06. The molecule has 0 fully saturated rings. The maximum Gasteiger partial charge on any atom is 0.255 e. The molecule has 2 N–H and O–H groups in total. The smallest absolute Gasteiger partial charge is 0.255 e. The molecule has 0 saturated carbocycles. The lowest BCUT2D eigenvalue weighted by Crippen LogP contribution is -2.30. The summed E-state index contributed by atoms with van der Waals surface area (Å²) in [6.07, 6.45) is -1.68. The van der Waals surface area contributed by atoms with E-state index in [1.165, 1.54) is 0 Å². The number of methoxy groups -OCH3 is 1. The molecule has 0 saturated heterocycles. The molecule has 0 spiro atoms. The van der Waals surface area contributed by atoms with Crippen molar-refractivity contribution in [3.8, 4) is 5.75 Å². The van der Waals surface area contributed by atoms with E-state index in [2.05, 4.69) is 0 Å². The molecule has 96 valence electrons. The molecule has 0 unspecified atom stereocenters. The normalized spacial score (nSPS) is 10.6. The zero-order valence-electron chi connectivity index (χ0n) is 9.90. The summed E-state index contributed by atoms with van der Waals surface area (Å²) in [4.78, 5) is 1.63. The number of ether oxygens (including phenoxy) is 1. The molecule has 0 atom stereocenters. The van der Waals surface area contributed by atoms with Crippen molar-refractivity contribution in [2.75, 3.05) is 31.6 Å². The maximum atomic E-state index is 12.5. The lowest BCUT2D eigenvalue weighted by molar-refractivity contribution is 0.154. The van der Waals surface area contributed by atoms with Gasteiger partial charge in [-0.05, 0) is 25.1 Å². The van der Waals surface area contributed by atoms with Crippen LogP contribution in [-0.2, 0) is 0 Å². The van der Waals surface area contributed by atoms with Gasteiger partial charge in [-0.1, -0.05) is 6.07 Å². The summed E-state index contributed by atoms with van der Waals surface area (Å²) >= 11 is 0. The van der Waals surface area contributed by atoms with E-state index in [1.54, 1.807) is 36.3 Å². The number of nitrogens with zero attached hydrogens (tertiary/aromatic N) is 1. The summed E-state index contributed by atoms with van der Waals surface area (Å²) in [7, 11) is 1.55. The van der Waals surface area contributed by atoms with Gasteiger partial charge in [-0.2, -0.15) is 0 Å². The summed E-state index contributed by atoms with van der Waals surface area (Å²) in [5.74, 6) is 0.662. The maximum absolute atomic E-state index is 12.5. The minimum Gasteiger partial charge on any atom is -0.497 e. The third-order valence-electron chi connectivity index (χ3n) is 2.41. The predicted molar refractivity (Wildman–Crippen MR) is 64.9 cm³/mol. The van der Waals surface area contributed by atoms with Crippen LogP contribution in [0, 0.1) is 0 Å². The molecule has 5 heteroatoms. The summed E-state index contributed by atoms with van der Waals surface area (Å²) in [6, 6.07) is 7.11. The summed E-state index contributed by atoms with van der Waals surface area (Å²) in [5.41, 5.74) is 6.14. The monoisotopic (exact) mass is 244 g/mol. The summed E-state index contributed by atoms with van der Waals surface area (Å²) < 4.78 is 30.0. The number of alkyl halides is 2.